The summed E-state index contributed by atoms with van der Waals surface area (Å²) in [6.45, 7) is 3.58. The quantitative estimate of drug-likeness (QED) is 0.500. The smallest absolute Gasteiger partial charge is 0.172 e. The third kappa shape index (κ3) is 3.87. The van der Waals surface area contributed by atoms with Crippen LogP contribution in [-0.4, -0.2) is 41.4 Å². The predicted molar refractivity (Wildman–Crippen MR) is 93.5 cm³/mol. The second-order valence-electron chi connectivity index (χ2n) is 7.88. The number of hydrogen-bond donors (Lipinski definition) is 2. The summed E-state index contributed by atoms with van der Waals surface area (Å²) < 4.78 is 11.6. The number of unbranched alkanes of at least 4 members (excludes halogenated alkanes) is 5. The molecule has 1 heterocycles. The number of fused-ring (bicyclic) bond motifs is 2. The molecule has 2 saturated carbocycles. The molecule has 0 radical (unpaired) electrons. The van der Waals surface area contributed by atoms with E-state index in [9.17, 15) is 10.2 Å². The van der Waals surface area contributed by atoms with Crippen molar-refractivity contribution < 1.29 is 19.7 Å². The molecule has 2 aliphatic carbocycles. The molecule has 3 aliphatic rings. The van der Waals surface area contributed by atoms with Crippen LogP contribution in [0.5, 0.6) is 0 Å². The lowest BCUT2D eigenvalue weighted by molar-refractivity contribution is -0.275. The van der Waals surface area contributed by atoms with E-state index in [1.165, 1.54) is 32.1 Å². The second-order valence-corrected chi connectivity index (χ2v) is 7.88. The Bertz CT molecular complexity index is 416. The van der Waals surface area contributed by atoms with E-state index in [1.807, 2.05) is 12.2 Å². The van der Waals surface area contributed by atoms with Gasteiger partial charge in [0.25, 0.3) is 0 Å². The Morgan fingerprint density at radius 1 is 1.12 bits per heavy atom. The lowest BCUT2D eigenvalue weighted by Gasteiger charge is -2.48. The van der Waals surface area contributed by atoms with Crippen molar-refractivity contribution in [1.29, 1.82) is 0 Å². The van der Waals surface area contributed by atoms with E-state index in [4.69, 9.17) is 9.47 Å². The maximum absolute atomic E-state index is 10.5. The van der Waals surface area contributed by atoms with Crippen LogP contribution in [0, 0.1) is 17.8 Å². The molecule has 4 heteroatoms. The number of aliphatic hydroxyl groups is 2. The van der Waals surface area contributed by atoms with Gasteiger partial charge in [-0.25, -0.2) is 0 Å². The van der Waals surface area contributed by atoms with Gasteiger partial charge >= 0.3 is 0 Å². The average Bonchev–Trinajstić information content (AvgIpc) is 3.15. The topological polar surface area (TPSA) is 58.9 Å². The third-order valence-corrected chi connectivity index (χ3v) is 6.22. The first-order chi connectivity index (χ1) is 11.7. The molecule has 1 aliphatic heterocycles. The van der Waals surface area contributed by atoms with Gasteiger partial charge in [-0.2, -0.15) is 0 Å². The van der Waals surface area contributed by atoms with Gasteiger partial charge in [0, 0.05) is 18.3 Å². The minimum atomic E-state index is -0.397. The van der Waals surface area contributed by atoms with Gasteiger partial charge in [-0.05, 0) is 18.8 Å². The monoisotopic (exact) mass is 338 g/mol. The van der Waals surface area contributed by atoms with Crippen LogP contribution >= 0.6 is 0 Å². The Kier molecular flexibility index (Phi) is 6.36. The highest BCUT2D eigenvalue weighted by atomic mass is 16.7. The number of rotatable bonds is 9. The Hall–Kier alpha value is -0.420. The molecule has 5 atom stereocenters. The van der Waals surface area contributed by atoms with Crippen molar-refractivity contribution in [2.45, 2.75) is 82.7 Å². The molecule has 0 amide bonds. The Labute approximate surface area is 146 Å². The molecular weight excluding hydrogens is 304 g/mol. The van der Waals surface area contributed by atoms with E-state index in [0.717, 1.165) is 25.7 Å². The molecule has 1 saturated heterocycles. The number of hydrogen-bond acceptors (Lipinski definition) is 4. The summed E-state index contributed by atoms with van der Waals surface area (Å²) in [5, 5.41) is 20.6. The van der Waals surface area contributed by atoms with Crippen LogP contribution in [0.3, 0.4) is 0 Å². The molecule has 24 heavy (non-hydrogen) atoms. The minimum Gasteiger partial charge on any atom is -0.392 e. The molecule has 3 unspecified atom stereocenters. The fourth-order valence-electron chi connectivity index (χ4n) is 4.75. The number of aliphatic hydroxyl groups excluding tert-OH is 2. The Morgan fingerprint density at radius 2 is 1.83 bits per heavy atom. The average molecular weight is 338 g/mol. The third-order valence-electron chi connectivity index (χ3n) is 6.22. The van der Waals surface area contributed by atoms with Crippen LogP contribution in [-0.2, 0) is 9.47 Å². The van der Waals surface area contributed by atoms with Crippen molar-refractivity contribution in [2.75, 3.05) is 13.2 Å². The summed E-state index contributed by atoms with van der Waals surface area (Å²) in [7, 11) is 0. The highest BCUT2D eigenvalue weighted by molar-refractivity contribution is 5.13. The lowest BCUT2D eigenvalue weighted by atomic mass is 9.69. The van der Waals surface area contributed by atoms with Crippen molar-refractivity contribution >= 4 is 0 Å². The summed E-state index contributed by atoms with van der Waals surface area (Å²) in [4.78, 5) is 0. The molecule has 1 spiro atoms. The molecule has 2 N–H and O–H groups in total. The normalized spacial score (nSPS) is 35.5. The first kappa shape index (κ1) is 18.4. The van der Waals surface area contributed by atoms with Gasteiger partial charge in [0.15, 0.2) is 5.79 Å². The molecule has 138 valence electrons. The zero-order valence-corrected chi connectivity index (χ0v) is 15.0. The first-order valence-corrected chi connectivity index (χ1v) is 9.98. The molecule has 0 bridgehead atoms. The molecule has 0 aromatic rings. The summed E-state index contributed by atoms with van der Waals surface area (Å²) in [5.41, 5.74) is 0. The van der Waals surface area contributed by atoms with Gasteiger partial charge in [0.1, 0.15) is 0 Å². The van der Waals surface area contributed by atoms with Crippen molar-refractivity contribution in [2.24, 2.45) is 17.8 Å². The van der Waals surface area contributed by atoms with Crippen molar-refractivity contribution in [3.63, 3.8) is 0 Å². The predicted octanol–water partition coefficient (Wildman–Crippen LogP) is 3.41. The van der Waals surface area contributed by atoms with Crippen LogP contribution in [0.15, 0.2) is 12.2 Å². The minimum absolute atomic E-state index is 0.131. The van der Waals surface area contributed by atoms with Crippen LogP contribution in [0.1, 0.15) is 64.7 Å². The molecule has 0 aromatic carbocycles. The number of ether oxygens (including phenoxy) is 2. The molecule has 4 nitrogen and oxygen atoms in total. The van der Waals surface area contributed by atoms with Gasteiger partial charge in [-0.1, -0.05) is 57.6 Å². The maximum Gasteiger partial charge on any atom is 0.172 e. The Morgan fingerprint density at radius 3 is 2.58 bits per heavy atom. The molecule has 3 fully saturated rings. The van der Waals surface area contributed by atoms with Crippen molar-refractivity contribution in [1.82, 2.24) is 0 Å². The van der Waals surface area contributed by atoms with Crippen molar-refractivity contribution in [3.8, 4) is 0 Å². The van der Waals surface area contributed by atoms with Crippen LogP contribution < -0.4 is 0 Å². The van der Waals surface area contributed by atoms with E-state index in [1.54, 1.807) is 0 Å². The Balaban J connectivity index is 1.37. The summed E-state index contributed by atoms with van der Waals surface area (Å²) >= 11 is 0. The second kappa shape index (κ2) is 8.31. The highest BCUT2D eigenvalue weighted by Gasteiger charge is 2.64. The van der Waals surface area contributed by atoms with Gasteiger partial charge in [0.05, 0.1) is 25.4 Å². The molecule has 0 aromatic heterocycles. The zero-order valence-electron chi connectivity index (χ0n) is 15.0. The summed E-state index contributed by atoms with van der Waals surface area (Å²) in [6, 6.07) is 0. The lowest BCUT2D eigenvalue weighted by Crippen LogP contribution is -2.54. The first-order valence-electron chi connectivity index (χ1n) is 9.98. The van der Waals surface area contributed by atoms with Gasteiger partial charge in [0.2, 0.25) is 0 Å². The fourth-order valence-corrected chi connectivity index (χ4v) is 4.75. The highest BCUT2D eigenvalue weighted by Crippen LogP contribution is 2.59. The summed E-state index contributed by atoms with van der Waals surface area (Å²) in [6.07, 6.45) is 13.3. The van der Waals surface area contributed by atoms with Crippen LogP contribution in [0.2, 0.25) is 0 Å². The molecule has 3 rings (SSSR count). The van der Waals surface area contributed by atoms with Crippen LogP contribution in [0.25, 0.3) is 0 Å². The van der Waals surface area contributed by atoms with Crippen molar-refractivity contribution in [3.05, 3.63) is 12.2 Å². The largest absolute Gasteiger partial charge is 0.392 e. The van der Waals surface area contributed by atoms with Crippen LogP contribution in [0.4, 0.5) is 0 Å². The van der Waals surface area contributed by atoms with Gasteiger partial charge in [-0.15, -0.1) is 0 Å². The van der Waals surface area contributed by atoms with E-state index in [2.05, 4.69) is 6.92 Å². The zero-order chi connectivity index (χ0) is 17.0. The van der Waals surface area contributed by atoms with E-state index in [0.29, 0.717) is 25.0 Å². The SMILES string of the molecule is CCCCCCCCC(O)C=CC1C[C@H]2[C@@H](CC23OCCO3)C1O. The van der Waals surface area contributed by atoms with Gasteiger partial charge < -0.3 is 19.7 Å². The van der Waals surface area contributed by atoms with Gasteiger partial charge in [-0.3, -0.25) is 0 Å². The summed E-state index contributed by atoms with van der Waals surface area (Å²) in [5.74, 6) is 0.353. The standard InChI is InChI=1S/C20H34O4/c1-2-3-4-5-6-7-8-16(21)10-9-15-13-18-17(19(15)22)14-20(18)23-11-12-24-20/h9-10,15-19,21-22H,2-8,11-14H2,1H3/t15?,16?,17-,18+,19?/m1/s1. The van der Waals surface area contributed by atoms with E-state index < -0.39 is 5.79 Å². The molecular formula is C20H34O4. The fraction of sp³-hybridized carbons (Fsp3) is 0.900. The maximum atomic E-state index is 10.5. The van der Waals surface area contributed by atoms with E-state index >= 15 is 0 Å². The van der Waals surface area contributed by atoms with E-state index in [-0.39, 0.29) is 18.1 Å².